The van der Waals surface area contributed by atoms with Gasteiger partial charge in [0, 0.05) is 24.0 Å². The predicted octanol–water partition coefficient (Wildman–Crippen LogP) is 4.03. The summed E-state index contributed by atoms with van der Waals surface area (Å²) in [7, 11) is 0. The maximum atomic E-state index is 12.8. The Morgan fingerprint density at radius 1 is 0.963 bits per heavy atom. The molecule has 5 rings (SSSR count). The third-order valence-electron chi connectivity index (χ3n) is 5.27. The van der Waals surface area contributed by atoms with Gasteiger partial charge in [0.2, 0.25) is 0 Å². The van der Waals surface area contributed by atoms with Gasteiger partial charge in [-0.3, -0.25) is 4.79 Å². The molecule has 1 N–H and O–H groups in total. The maximum absolute atomic E-state index is 12.8. The fraction of sp³-hybridized carbons (Fsp3) is 0.182. The number of carbonyl (C=O) groups excluding carboxylic acids is 1. The van der Waals surface area contributed by atoms with Crippen molar-refractivity contribution in [3.05, 3.63) is 81.4 Å². The van der Waals surface area contributed by atoms with Crippen LogP contribution in [-0.2, 0) is 4.79 Å². The average molecular weight is 360 g/mol. The second kappa shape index (κ2) is 5.84. The Morgan fingerprint density at radius 2 is 1.74 bits per heavy atom. The molecular weight excluding hydrogens is 344 g/mol. The Hall–Kier alpha value is -3.34. The molecule has 0 fully saturated rings. The molecule has 5 heteroatoms. The number of fused-ring (bicyclic) bond motifs is 2. The molecular formula is C22H16O5. The summed E-state index contributed by atoms with van der Waals surface area (Å²) in [5.74, 6) is 0.292. The summed E-state index contributed by atoms with van der Waals surface area (Å²) in [4.78, 5) is 25.6. The highest BCUT2D eigenvalue weighted by Crippen LogP contribution is 2.48. The van der Waals surface area contributed by atoms with Gasteiger partial charge in [-0.15, -0.1) is 0 Å². The van der Waals surface area contributed by atoms with Crippen molar-refractivity contribution in [3.8, 4) is 11.5 Å². The molecule has 0 saturated carbocycles. The first-order valence-electron chi connectivity index (χ1n) is 8.93. The summed E-state index contributed by atoms with van der Waals surface area (Å²) in [6.45, 7) is 0. The number of hydrogen-bond donors (Lipinski definition) is 1. The van der Waals surface area contributed by atoms with Crippen molar-refractivity contribution in [2.45, 2.75) is 25.2 Å². The van der Waals surface area contributed by atoms with E-state index in [2.05, 4.69) is 0 Å². The molecule has 0 spiro atoms. The van der Waals surface area contributed by atoms with Crippen LogP contribution < -0.4 is 10.4 Å². The van der Waals surface area contributed by atoms with Crippen molar-refractivity contribution in [1.82, 2.24) is 0 Å². The van der Waals surface area contributed by atoms with Crippen LogP contribution in [-0.4, -0.2) is 10.9 Å². The molecule has 1 aliphatic heterocycles. The molecule has 1 atom stereocenters. The van der Waals surface area contributed by atoms with Gasteiger partial charge in [-0.2, -0.15) is 0 Å². The summed E-state index contributed by atoms with van der Waals surface area (Å²) in [6, 6.07) is 14.1. The Balaban J connectivity index is 1.86. The standard InChI is InChI=1S/C22H16O5/c23-14-8-5-11-17-19(14)18(12-6-1-3-9-15(12)26-17)20-21(24)13-7-2-4-10-16(13)27-22(20)25/h1-4,6-7,9-10,18,24H,5,8,11H2. The number of benzene rings is 2. The molecule has 0 amide bonds. The van der Waals surface area contributed by atoms with E-state index in [9.17, 15) is 14.7 Å². The van der Waals surface area contributed by atoms with Crippen molar-refractivity contribution < 1.29 is 19.1 Å². The van der Waals surface area contributed by atoms with Crippen LogP contribution in [0.4, 0.5) is 0 Å². The maximum Gasteiger partial charge on any atom is 0.344 e. The zero-order chi connectivity index (χ0) is 18.5. The molecule has 5 nitrogen and oxygen atoms in total. The first kappa shape index (κ1) is 15.9. The van der Waals surface area contributed by atoms with Crippen LogP contribution in [0.1, 0.15) is 36.3 Å². The van der Waals surface area contributed by atoms with Gasteiger partial charge in [-0.1, -0.05) is 30.3 Å². The van der Waals surface area contributed by atoms with Gasteiger partial charge < -0.3 is 14.3 Å². The van der Waals surface area contributed by atoms with Crippen LogP contribution in [0.25, 0.3) is 11.0 Å². The molecule has 134 valence electrons. The number of ketones is 1. The molecule has 0 bridgehead atoms. The van der Waals surface area contributed by atoms with E-state index in [1.54, 1.807) is 24.3 Å². The normalized spacial score (nSPS) is 18.8. The lowest BCUT2D eigenvalue weighted by molar-refractivity contribution is -0.116. The summed E-state index contributed by atoms with van der Waals surface area (Å²) in [5.41, 5.74) is 0.904. The molecule has 1 aliphatic carbocycles. The molecule has 3 aromatic rings. The van der Waals surface area contributed by atoms with Gasteiger partial charge in [-0.05, 0) is 24.6 Å². The predicted molar refractivity (Wildman–Crippen MR) is 98.9 cm³/mol. The van der Waals surface area contributed by atoms with Crippen molar-refractivity contribution in [3.63, 3.8) is 0 Å². The zero-order valence-electron chi connectivity index (χ0n) is 14.4. The second-order valence-electron chi connectivity index (χ2n) is 6.83. The summed E-state index contributed by atoms with van der Waals surface area (Å²) in [6.07, 6.45) is 1.75. The van der Waals surface area contributed by atoms with E-state index in [1.807, 2.05) is 24.3 Å². The monoisotopic (exact) mass is 360 g/mol. The minimum Gasteiger partial charge on any atom is -0.507 e. The summed E-state index contributed by atoms with van der Waals surface area (Å²) in [5, 5.41) is 11.4. The Kier molecular flexibility index (Phi) is 3.44. The Labute approximate surface area is 154 Å². The number of hydrogen-bond acceptors (Lipinski definition) is 5. The summed E-state index contributed by atoms with van der Waals surface area (Å²) < 4.78 is 11.4. The van der Waals surface area contributed by atoms with E-state index in [-0.39, 0.29) is 17.1 Å². The largest absolute Gasteiger partial charge is 0.507 e. The molecule has 0 saturated heterocycles. The minimum atomic E-state index is -0.696. The number of allylic oxidation sites excluding steroid dienone is 2. The fourth-order valence-electron chi connectivity index (χ4n) is 4.06. The lowest BCUT2D eigenvalue weighted by atomic mass is 9.77. The second-order valence-corrected chi connectivity index (χ2v) is 6.83. The van der Waals surface area contributed by atoms with Gasteiger partial charge in [-0.25, -0.2) is 4.79 Å². The van der Waals surface area contributed by atoms with Gasteiger partial charge in [0.25, 0.3) is 0 Å². The molecule has 27 heavy (non-hydrogen) atoms. The first-order valence-corrected chi connectivity index (χ1v) is 8.93. The number of aromatic hydroxyl groups is 1. The van der Waals surface area contributed by atoms with E-state index in [1.165, 1.54) is 0 Å². The molecule has 2 aliphatic rings. The van der Waals surface area contributed by atoms with Gasteiger partial charge >= 0.3 is 5.63 Å². The molecule has 2 heterocycles. The molecule has 2 aromatic carbocycles. The first-order chi connectivity index (χ1) is 13.1. The van der Waals surface area contributed by atoms with Crippen LogP contribution >= 0.6 is 0 Å². The number of ether oxygens (including phenoxy) is 1. The average Bonchev–Trinajstić information content (AvgIpc) is 2.67. The van der Waals surface area contributed by atoms with Crippen molar-refractivity contribution in [2.75, 3.05) is 0 Å². The van der Waals surface area contributed by atoms with Crippen LogP contribution in [0.3, 0.4) is 0 Å². The molecule has 1 aromatic heterocycles. The topological polar surface area (TPSA) is 76.7 Å². The SMILES string of the molecule is O=C1CCCC2=C1C(c1c(O)c3ccccc3oc1=O)c1ccccc1O2. The van der Waals surface area contributed by atoms with Crippen molar-refractivity contribution in [2.24, 2.45) is 0 Å². The van der Waals surface area contributed by atoms with Gasteiger partial charge in [0.1, 0.15) is 22.8 Å². The quantitative estimate of drug-likeness (QED) is 0.663. The van der Waals surface area contributed by atoms with Gasteiger partial charge in [0.15, 0.2) is 5.78 Å². The smallest absolute Gasteiger partial charge is 0.344 e. The third-order valence-corrected chi connectivity index (χ3v) is 5.27. The van der Waals surface area contributed by atoms with Crippen LogP contribution in [0.5, 0.6) is 11.5 Å². The third kappa shape index (κ3) is 2.31. The van der Waals surface area contributed by atoms with E-state index in [0.29, 0.717) is 52.9 Å². The Bertz CT molecular complexity index is 1180. The fourth-order valence-corrected chi connectivity index (χ4v) is 4.06. The van der Waals surface area contributed by atoms with E-state index in [4.69, 9.17) is 9.15 Å². The number of carbonyl (C=O) groups is 1. The van der Waals surface area contributed by atoms with Crippen LogP contribution in [0.15, 0.2) is 69.1 Å². The highest BCUT2D eigenvalue weighted by Gasteiger charge is 2.39. The number of rotatable bonds is 1. The number of Topliss-reactive ketones (excluding diaryl/α,β-unsaturated/α-hetero) is 1. The molecule has 1 unspecified atom stereocenters. The van der Waals surface area contributed by atoms with Crippen LogP contribution in [0.2, 0.25) is 0 Å². The van der Waals surface area contributed by atoms with Gasteiger partial charge in [0.05, 0.1) is 16.9 Å². The lowest BCUT2D eigenvalue weighted by Crippen LogP contribution is -2.28. The summed E-state index contributed by atoms with van der Waals surface area (Å²) >= 11 is 0. The highest BCUT2D eigenvalue weighted by atomic mass is 16.5. The Morgan fingerprint density at radius 3 is 2.63 bits per heavy atom. The molecule has 0 radical (unpaired) electrons. The van der Waals surface area contributed by atoms with E-state index >= 15 is 0 Å². The van der Waals surface area contributed by atoms with Crippen molar-refractivity contribution >= 4 is 16.8 Å². The van der Waals surface area contributed by atoms with Crippen molar-refractivity contribution in [1.29, 1.82) is 0 Å². The van der Waals surface area contributed by atoms with Crippen LogP contribution in [0, 0.1) is 0 Å². The minimum absolute atomic E-state index is 0.0530. The van der Waals surface area contributed by atoms with E-state index in [0.717, 1.165) is 0 Å². The number of para-hydroxylation sites is 2. The van der Waals surface area contributed by atoms with E-state index < -0.39 is 11.5 Å². The lowest BCUT2D eigenvalue weighted by Gasteiger charge is -2.32. The highest BCUT2D eigenvalue weighted by molar-refractivity contribution is 6.00. The zero-order valence-corrected chi connectivity index (χ0v) is 14.4.